The van der Waals surface area contributed by atoms with Crippen molar-refractivity contribution in [2.75, 3.05) is 10.7 Å². The molecule has 34 heavy (non-hydrogen) atoms. The number of nitro groups is 1. The van der Waals surface area contributed by atoms with E-state index >= 15 is 0 Å². The molecule has 10 heteroatoms. The normalized spacial score (nSPS) is 11.2. The number of amides is 1. The van der Waals surface area contributed by atoms with Crippen molar-refractivity contribution >= 4 is 33.0 Å². The summed E-state index contributed by atoms with van der Waals surface area (Å²) in [7, 11) is -4.07. The first-order valence-corrected chi connectivity index (χ1v) is 13.2. The lowest BCUT2D eigenvalue weighted by molar-refractivity contribution is -0.384. The molecule has 0 aromatic heterocycles. The fraction of sp³-hybridized carbons (Fsp3) is 0.458. The van der Waals surface area contributed by atoms with Crippen LogP contribution in [-0.2, 0) is 14.8 Å². The van der Waals surface area contributed by atoms with Gasteiger partial charge in [-0.2, -0.15) is 0 Å². The van der Waals surface area contributed by atoms with E-state index in [0.29, 0.717) is 12.1 Å². The van der Waals surface area contributed by atoms with Gasteiger partial charge in [0.2, 0.25) is 5.91 Å². The minimum atomic E-state index is -4.07. The highest BCUT2D eigenvalue weighted by Gasteiger charge is 2.22. The number of nitrogens with one attached hydrogen (secondary N) is 3. The number of sulfonamides is 1. The average molecular weight is 491 g/mol. The van der Waals surface area contributed by atoms with Gasteiger partial charge in [-0.15, -0.1) is 4.83 Å². The van der Waals surface area contributed by atoms with E-state index in [9.17, 15) is 23.3 Å². The summed E-state index contributed by atoms with van der Waals surface area (Å²) in [5.74, 6) is -0.328. The molecular weight excluding hydrogens is 456 g/mol. The third kappa shape index (κ3) is 9.48. The molecule has 0 aliphatic heterocycles. The Morgan fingerprint density at radius 2 is 1.53 bits per heavy atom. The Morgan fingerprint density at radius 3 is 2.15 bits per heavy atom. The molecule has 1 amide bonds. The molecule has 0 fully saturated rings. The lowest BCUT2D eigenvalue weighted by Gasteiger charge is -2.11. The zero-order chi connectivity index (χ0) is 24.8. The first kappa shape index (κ1) is 27.3. The summed E-state index contributed by atoms with van der Waals surface area (Å²) in [6.45, 7) is 2.19. The summed E-state index contributed by atoms with van der Waals surface area (Å²) in [6.07, 6.45) is 10.4. The van der Waals surface area contributed by atoms with Crippen molar-refractivity contribution in [3.8, 4) is 0 Å². The van der Waals surface area contributed by atoms with Gasteiger partial charge >= 0.3 is 0 Å². The summed E-state index contributed by atoms with van der Waals surface area (Å²) in [5, 5.41) is 14.1. The number of benzene rings is 2. The molecule has 0 radical (unpaired) electrons. The van der Waals surface area contributed by atoms with Crippen molar-refractivity contribution in [1.82, 2.24) is 4.83 Å². The molecule has 3 N–H and O–H groups in total. The van der Waals surface area contributed by atoms with Crippen LogP contribution in [0.1, 0.15) is 71.1 Å². The Kier molecular flexibility index (Phi) is 11.5. The van der Waals surface area contributed by atoms with Crippen molar-refractivity contribution in [1.29, 1.82) is 0 Å². The Hall–Kier alpha value is -2.98. The van der Waals surface area contributed by atoms with Crippen LogP contribution in [0.2, 0.25) is 0 Å². The van der Waals surface area contributed by atoms with Crippen molar-refractivity contribution in [2.24, 2.45) is 0 Å². The summed E-state index contributed by atoms with van der Waals surface area (Å²) in [6, 6.07) is 12.0. The van der Waals surface area contributed by atoms with Gasteiger partial charge in [0.05, 0.1) is 9.82 Å². The number of rotatable bonds is 16. The van der Waals surface area contributed by atoms with Crippen molar-refractivity contribution < 1.29 is 18.1 Å². The first-order valence-electron chi connectivity index (χ1n) is 11.7. The van der Waals surface area contributed by atoms with Gasteiger partial charge < -0.3 is 10.7 Å². The third-order valence-electron chi connectivity index (χ3n) is 5.36. The highest BCUT2D eigenvalue weighted by Crippen LogP contribution is 2.28. The van der Waals surface area contributed by atoms with Crippen LogP contribution < -0.4 is 15.6 Å². The SMILES string of the molecule is CCCCCCCCCCCC(=O)Nc1ccc(S(=O)(=O)NNc2ccccc2)cc1[N+](=O)[O-]. The highest BCUT2D eigenvalue weighted by atomic mass is 32.2. The van der Waals surface area contributed by atoms with Crippen LogP contribution in [0, 0.1) is 10.1 Å². The van der Waals surface area contributed by atoms with E-state index in [1.54, 1.807) is 30.3 Å². The van der Waals surface area contributed by atoms with Crippen LogP contribution in [-0.4, -0.2) is 19.2 Å². The average Bonchev–Trinajstić information content (AvgIpc) is 2.82. The van der Waals surface area contributed by atoms with E-state index in [1.807, 2.05) is 0 Å². The second-order valence-corrected chi connectivity index (χ2v) is 9.84. The molecule has 0 bridgehead atoms. The molecule has 0 saturated heterocycles. The Balaban J connectivity index is 1.87. The van der Waals surface area contributed by atoms with E-state index in [-0.39, 0.29) is 22.9 Å². The number of hydrogen-bond donors (Lipinski definition) is 3. The van der Waals surface area contributed by atoms with E-state index in [4.69, 9.17) is 0 Å². The predicted octanol–water partition coefficient (Wildman–Crippen LogP) is 5.76. The number of carbonyl (C=O) groups excluding carboxylic acids is 1. The van der Waals surface area contributed by atoms with Gasteiger partial charge in [0.15, 0.2) is 0 Å². The van der Waals surface area contributed by atoms with Gasteiger partial charge in [-0.3, -0.25) is 14.9 Å². The monoisotopic (exact) mass is 490 g/mol. The molecule has 0 aliphatic rings. The largest absolute Gasteiger partial charge is 0.320 e. The number of hydrazine groups is 1. The summed E-state index contributed by atoms with van der Waals surface area (Å²) in [4.78, 5) is 25.0. The smallest absolute Gasteiger partial charge is 0.294 e. The third-order valence-corrected chi connectivity index (χ3v) is 6.61. The first-order chi connectivity index (χ1) is 16.3. The summed E-state index contributed by atoms with van der Waals surface area (Å²) in [5.41, 5.74) is 2.56. The van der Waals surface area contributed by atoms with Crippen LogP contribution in [0.25, 0.3) is 0 Å². The lowest BCUT2D eigenvalue weighted by atomic mass is 10.1. The maximum atomic E-state index is 12.5. The topological polar surface area (TPSA) is 130 Å². The zero-order valence-electron chi connectivity index (χ0n) is 19.6. The number of unbranched alkanes of at least 4 members (excludes halogenated alkanes) is 8. The Morgan fingerprint density at radius 1 is 0.912 bits per heavy atom. The molecule has 0 heterocycles. The molecule has 0 saturated carbocycles. The van der Waals surface area contributed by atoms with Crippen LogP contribution in [0.4, 0.5) is 17.1 Å². The van der Waals surface area contributed by atoms with Crippen LogP contribution in [0.5, 0.6) is 0 Å². The molecule has 2 aromatic rings. The van der Waals surface area contributed by atoms with E-state index < -0.39 is 20.6 Å². The highest BCUT2D eigenvalue weighted by molar-refractivity contribution is 7.89. The molecule has 186 valence electrons. The number of hydrogen-bond acceptors (Lipinski definition) is 6. The minimum Gasteiger partial charge on any atom is -0.320 e. The quantitative estimate of drug-likeness (QED) is 0.156. The molecule has 9 nitrogen and oxygen atoms in total. The number of carbonyl (C=O) groups is 1. The molecule has 0 aliphatic carbocycles. The van der Waals surface area contributed by atoms with Crippen molar-refractivity contribution in [2.45, 2.75) is 76.0 Å². The van der Waals surface area contributed by atoms with Gasteiger partial charge in [-0.25, -0.2) is 8.42 Å². The maximum absolute atomic E-state index is 12.5. The number of anilines is 2. The van der Waals surface area contributed by atoms with E-state index in [1.165, 1.54) is 44.2 Å². The fourth-order valence-electron chi connectivity index (χ4n) is 3.45. The van der Waals surface area contributed by atoms with Crippen LogP contribution >= 0.6 is 0 Å². The fourth-order valence-corrected chi connectivity index (χ4v) is 4.33. The van der Waals surface area contributed by atoms with E-state index in [0.717, 1.165) is 25.3 Å². The Labute approximate surface area is 201 Å². The molecule has 0 unspecified atom stereocenters. The predicted molar refractivity (Wildman–Crippen MR) is 134 cm³/mol. The molecule has 2 aromatic carbocycles. The summed E-state index contributed by atoms with van der Waals surface area (Å²) < 4.78 is 25.1. The molecule has 0 atom stereocenters. The lowest BCUT2D eigenvalue weighted by Crippen LogP contribution is -2.29. The van der Waals surface area contributed by atoms with Gasteiger partial charge in [0, 0.05) is 18.2 Å². The van der Waals surface area contributed by atoms with Gasteiger partial charge in [0.1, 0.15) is 5.69 Å². The molecule has 2 rings (SSSR count). The molecular formula is C24H34N4O5S. The van der Waals surface area contributed by atoms with Gasteiger partial charge in [-0.1, -0.05) is 76.5 Å². The standard InChI is InChI=1S/C24H34N4O5S/c1-2-3-4-5-6-7-8-9-13-16-24(29)25-22-18-17-21(19-23(22)28(30)31)34(32,33)27-26-20-14-11-10-12-15-20/h10-12,14-15,17-19,26-27H,2-9,13,16H2,1H3,(H,25,29). The Bertz CT molecular complexity index is 1030. The van der Waals surface area contributed by atoms with Gasteiger partial charge in [-0.05, 0) is 30.7 Å². The second-order valence-electron chi connectivity index (χ2n) is 8.16. The number of para-hydroxylation sites is 1. The van der Waals surface area contributed by atoms with Gasteiger partial charge in [0.25, 0.3) is 15.7 Å². The number of nitrogens with zero attached hydrogens (tertiary/aromatic N) is 1. The molecule has 0 spiro atoms. The maximum Gasteiger partial charge on any atom is 0.294 e. The van der Waals surface area contributed by atoms with Crippen LogP contribution in [0.15, 0.2) is 53.4 Å². The van der Waals surface area contributed by atoms with E-state index in [2.05, 4.69) is 22.5 Å². The van der Waals surface area contributed by atoms with Crippen molar-refractivity contribution in [3.05, 3.63) is 58.6 Å². The second kappa shape index (κ2) is 14.3. The number of nitro benzene ring substituents is 1. The minimum absolute atomic E-state index is 0.0270. The van der Waals surface area contributed by atoms with Crippen molar-refractivity contribution in [3.63, 3.8) is 0 Å². The zero-order valence-corrected chi connectivity index (χ0v) is 20.4. The summed E-state index contributed by atoms with van der Waals surface area (Å²) >= 11 is 0. The van der Waals surface area contributed by atoms with Crippen LogP contribution in [0.3, 0.4) is 0 Å².